The van der Waals surface area contributed by atoms with Crippen molar-refractivity contribution in [1.82, 2.24) is 30.4 Å². The minimum Gasteiger partial charge on any atom is -0.374 e. The molecule has 0 amide bonds. The standard InChI is InChI=1S/C22H32N8O.HI/c1-4-23-22(25-11-8-14-31-17(2)18-9-6-5-7-10-18)26-13-12-24-20-19-15-29-30(3)21(19)28-16-27-20;/h5-7,9-10,15-17H,4,8,11-14H2,1-3H3,(H2,23,25,26)(H,24,27,28);1H. The minimum atomic E-state index is 0. The summed E-state index contributed by atoms with van der Waals surface area (Å²) in [6.45, 7) is 7.72. The Morgan fingerprint density at radius 1 is 1.16 bits per heavy atom. The van der Waals surface area contributed by atoms with Gasteiger partial charge < -0.3 is 20.7 Å². The van der Waals surface area contributed by atoms with E-state index in [1.54, 1.807) is 17.2 Å². The predicted octanol–water partition coefficient (Wildman–Crippen LogP) is 3.12. The minimum absolute atomic E-state index is 0. The van der Waals surface area contributed by atoms with Gasteiger partial charge in [-0.15, -0.1) is 24.0 Å². The number of hydrogen-bond acceptors (Lipinski definition) is 6. The van der Waals surface area contributed by atoms with Crippen molar-refractivity contribution in [3.63, 3.8) is 0 Å². The number of hydrogen-bond donors (Lipinski definition) is 3. The lowest BCUT2D eigenvalue weighted by atomic mass is 10.1. The molecule has 0 aliphatic carbocycles. The van der Waals surface area contributed by atoms with Crippen LogP contribution in [0.15, 0.2) is 47.8 Å². The van der Waals surface area contributed by atoms with Gasteiger partial charge in [0, 0.05) is 39.8 Å². The van der Waals surface area contributed by atoms with Gasteiger partial charge in [0.1, 0.15) is 12.1 Å². The molecule has 0 fully saturated rings. The molecule has 0 aliphatic heterocycles. The number of aryl methyl sites for hydroxylation is 1. The molecular formula is C22H33IN8O. The second kappa shape index (κ2) is 13.8. The average molecular weight is 552 g/mol. The number of nitrogens with one attached hydrogen (secondary N) is 3. The van der Waals surface area contributed by atoms with Crippen molar-refractivity contribution in [2.45, 2.75) is 26.4 Å². The van der Waals surface area contributed by atoms with Crippen LogP contribution in [-0.4, -0.2) is 58.5 Å². The van der Waals surface area contributed by atoms with Gasteiger partial charge >= 0.3 is 0 Å². The second-order valence-corrected chi connectivity index (χ2v) is 7.12. The normalized spacial score (nSPS) is 12.3. The number of aliphatic imine (C=N–C) groups is 1. The molecule has 9 nitrogen and oxygen atoms in total. The van der Waals surface area contributed by atoms with E-state index in [0.29, 0.717) is 26.2 Å². The third kappa shape index (κ3) is 7.59. The number of rotatable bonds is 11. The zero-order valence-electron chi connectivity index (χ0n) is 18.9. The number of aromatic nitrogens is 4. The van der Waals surface area contributed by atoms with Crippen molar-refractivity contribution in [2.24, 2.45) is 12.0 Å². The van der Waals surface area contributed by atoms with E-state index in [9.17, 15) is 0 Å². The molecule has 3 N–H and O–H groups in total. The summed E-state index contributed by atoms with van der Waals surface area (Å²) >= 11 is 0. The summed E-state index contributed by atoms with van der Waals surface area (Å²) in [5, 5.41) is 15.1. The molecule has 0 spiro atoms. The van der Waals surface area contributed by atoms with Crippen LogP contribution in [0.3, 0.4) is 0 Å². The van der Waals surface area contributed by atoms with Crippen molar-refractivity contribution in [2.75, 3.05) is 38.1 Å². The van der Waals surface area contributed by atoms with Crippen molar-refractivity contribution in [3.05, 3.63) is 48.4 Å². The Balaban J connectivity index is 0.00000363. The molecule has 0 saturated carbocycles. The lowest BCUT2D eigenvalue weighted by Gasteiger charge is -2.14. The van der Waals surface area contributed by atoms with E-state index in [1.165, 1.54) is 5.56 Å². The zero-order valence-corrected chi connectivity index (χ0v) is 21.2. The first-order chi connectivity index (χ1) is 15.2. The van der Waals surface area contributed by atoms with Crippen LogP contribution in [-0.2, 0) is 11.8 Å². The quantitative estimate of drug-likeness (QED) is 0.146. The molecule has 2 aromatic heterocycles. The summed E-state index contributed by atoms with van der Waals surface area (Å²) in [7, 11) is 1.87. The Bertz CT molecular complexity index is 963. The van der Waals surface area contributed by atoms with Crippen molar-refractivity contribution in [3.8, 4) is 0 Å². The van der Waals surface area contributed by atoms with Gasteiger partial charge in [-0.2, -0.15) is 5.10 Å². The SMILES string of the molecule is CCNC(=NCCCOC(C)c1ccccc1)NCCNc1ncnc2c1cnn2C.I. The zero-order chi connectivity index (χ0) is 21.9. The molecule has 174 valence electrons. The van der Waals surface area contributed by atoms with Gasteiger partial charge in [0.2, 0.25) is 0 Å². The molecule has 1 atom stereocenters. The molecule has 0 bridgehead atoms. The Hall–Kier alpha value is -2.47. The summed E-state index contributed by atoms with van der Waals surface area (Å²) in [5.41, 5.74) is 2.00. The van der Waals surface area contributed by atoms with E-state index in [0.717, 1.165) is 35.8 Å². The Morgan fingerprint density at radius 2 is 1.97 bits per heavy atom. The van der Waals surface area contributed by atoms with E-state index in [4.69, 9.17) is 4.74 Å². The molecule has 1 aromatic carbocycles. The number of halogens is 1. The molecule has 2 heterocycles. The average Bonchev–Trinajstić information content (AvgIpc) is 3.18. The van der Waals surface area contributed by atoms with Gasteiger partial charge in [-0.1, -0.05) is 30.3 Å². The molecule has 3 rings (SSSR count). The van der Waals surface area contributed by atoms with Crippen LogP contribution >= 0.6 is 24.0 Å². The molecule has 0 saturated heterocycles. The number of fused-ring (bicyclic) bond motifs is 1. The van der Waals surface area contributed by atoms with Crippen molar-refractivity contribution < 1.29 is 4.74 Å². The number of guanidine groups is 1. The molecule has 0 aliphatic rings. The maximum Gasteiger partial charge on any atom is 0.191 e. The number of anilines is 1. The van der Waals surface area contributed by atoms with E-state index in [1.807, 2.05) is 25.2 Å². The fraction of sp³-hybridized carbons (Fsp3) is 0.455. The first-order valence-electron chi connectivity index (χ1n) is 10.7. The Morgan fingerprint density at radius 3 is 2.75 bits per heavy atom. The maximum absolute atomic E-state index is 5.92. The first kappa shape index (κ1) is 25.8. The maximum atomic E-state index is 5.92. The predicted molar refractivity (Wildman–Crippen MR) is 140 cm³/mol. The fourth-order valence-corrected chi connectivity index (χ4v) is 3.14. The van der Waals surface area contributed by atoms with Gasteiger partial charge in [-0.25, -0.2) is 9.97 Å². The van der Waals surface area contributed by atoms with E-state index >= 15 is 0 Å². The number of benzene rings is 1. The van der Waals surface area contributed by atoms with Crippen LogP contribution in [0.25, 0.3) is 11.0 Å². The Labute approximate surface area is 206 Å². The van der Waals surface area contributed by atoms with Gasteiger partial charge in [-0.05, 0) is 25.8 Å². The summed E-state index contributed by atoms with van der Waals surface area (Å²) in [6.07, 6.45) is 4.28. The lowest BCUT2D eigenvalue weighted by molar-refractivity contribution is 0.0652. The van der Waals surface area contributed by atoms with Crippen molar-refractivity contribution in [1.29, 1.82) is 0 Å². The number of nitrogens with zero attached hydrogens (tertiary/aromatic N) is 5. The van der Waals surface area contributed by atoms with E-state index < -0.39 is 0 Å². The van der Waals surface area contributed by atoms with Crippen LogP contribution in [0.5, 0.6) is 0 Å². The molecular weight excluding hydrogens is 519 g/mol. The molecule has 10 heteroatoms. The molecule has 0 radical (unpaired) electrons. The van der Waals surface area contributed by atoms with Crippen molar-refractivity contribution >= 4 is 46.8 Å². The van der Waals surface area contributed by atoms with Gasteiger partial charge in [-0.3, -0.25) is 9.67 Å². The van der Waals surface area contributed by atoms with Crippen LogP contribution in [0, 0.1) is 0 Å². The Kier molecular flexibility index (Phi) is 11.2. The summed E-state index contributed by atoms with van der Waals surface area (Å²) < 4.78 is 7.65. The highest BCUT2D eigenvalue weighted by Gasteiger charge is 2.07. The van der Waals surface area contributed by atoms with E-state index in [2.05, 4.69) is 62.0 Å². The van der Waals surface area contributed by atoms with Gasteiger partial charge in [0.05, 0.1) is 17.7 Å². The smallest absolute Gasteiger partial charge is 0.191 e. The third-order valence-corrected chi connectivity index (χ3v) is 4.79. The monoisotopic (exact) mass is 552 g/mol. The molecule has 32 heavy (non-hydrogen) atoms. The third-order valence-electron chi connectivity index (χ3n) is 4.79. The lowest BCUT2D eigenvalue weighted by Crippen LogP contribution is -2.39. The highest BCUT2D eigenvalue weighted by Crippen LogP contribution is 2.17. The first-order valence-corrected chi connectivity index (χ1v) is 10.7. The van der Waals surface area contributed by atoms with Gasteiger partial charge in [0.25, 0.3) is 0 Å². The van der Waals surface area contributed by atoms with Crippen LogP contribution in [0.2, 0.25) is 0 Å². The summed E-state index contributed by atoms with van der Waals surface area (Å²) in [6, 6.07) is 10.3. The highest BCUT2D eigenvalue weighted by molar-refractivity contribution is 14.0. The van der Waals surface area contributed by atoms with Crippen LogP contribution < -0.4 is 16.0 Å². The van der Waals surface area contributed by atoms with E-state index in [-0.39, 0.29) is 30.1 Å². The number of ether oxygens (including phenoxy) is 1. The summed E-state index contributed by atoms with van der Waals surface area (Å²) in [5.74, 6) is 1.58. The molecule has 1 unspecified atom stereocenters. The molecule has 3 aromatic rings. The topological polar surface area (TPSA) is 101 Å². The second-order valence-electron chi connectivity index (χ2n) is 7.12. The van der Waals surface area contributed by atoms with Crippen LogP contribution in [0.4, 0.5) is 5.82 Å². The van der Waals surface area contributed by atoms with Gasteiger partial charge in [0.15, 0.2) is 11.6 Å². The summed E-state index contributed by atoms with van der Waals surface area (Å²) in [4.78, 5) is 13.2. The largest absolute Gasteiger partial charge is 0.374 e. The van der Waals surface area contributed by atoms with Crippen LogP contribution in [0.1, 0.15) is 31.9 Å². The fourth-order valence-electron chi connectivity index (χ4n) is 3.14. The highest BCUT2D eigenvalue weighted by atomic mass is 127.